The van der Waals surface area contributed by atoms with E-state index in [9.17, 15) is 9.59 Å². The van der Waals surface area contributed by atoms with Gasteiger partial charge in [-0.1, -0.05) is 0 Å². The summed E-state index contributed by atoms with van der Waals surface area (Å²) in [7, 11) is 0. The maximum atomic E-state index is 10.6. The maximum Gasteiger partial charge on any atom is 0.309 e. The Labute approximate surface area is 53.0 Å². The lowest BCUT2D eigenvalue weighted by Gasteiger charge is -1.94. The summed E-state index contributed by atoms with van der Waals surface area (Å²) in [6, 6.07) is 0. The predicted octanol–water partition coefficient (Wildman–Crippen LogP) is 0.139. The molecule has 1 fully saturated rings. The molecule has 0 bridgehead atoms. The number of cyclic esters (lactones) is 1. The van der Waals surface area contributed by atoms with Crippen LogP contribution in [0.25, 0.3) is 0 Å². The van der Waals surface area contributed by atoms with E-state index in [1.54, 1.807) is 0 Å². The van der Waals surface area contributed by atoms with Gasteiger partial charge in [0.25, 0.3) is 0 Å². The van der Waals surface area contributed by atoms with Crippen LogP contribution in [0.4, 0.5) is 0 Å². The molecule has 0 aromatic heterocycles. The number of hydrogen-bond acceptors (Lipinski definition) is 3. The Bertz CT molecular complexity index is 130. The van der Waals surface area contributed by atoms with Crippen LogP contribution in [0.5, 0.6) is 0 Å². The summed E-state index contributed by atoms with van der Waals surface area (Å²) in [6.07, 6.45) is 1.79. The van der Waals surface area contributed by atoms with E-state index in [1.165, 1.54) is 0 Å². The molecule has 1 aliphatic heterocycles. The fourth-order valence-corrected chi connectivity index (χ4v) is 0.868. The summed E-state index contributed by atoms with van der Waals surface area (Å²) >= 11 is 0. The highest BCUT2D eigenvalue weighted by Crippen LogP contribution is 2.15. The van der Waals surface area contributed by atoms with Gasteiger partial charge in [0.15, 0.2) is 0 Å². The van der Waals surface area contributed by atoms with Crippen LogP contribution >= 0.6 is 0 Å². The first-order valence-electron chi connectivity index (χ1n) is 2.95. The summed E-state index contributed by atoms with van der Waals surface area (Å²) in [4.78, 5) is 20.5. The van der Waals surface area contributed by atoms with Crippen molar-refractivity contribution < 1.29 is 14.3 Å². The number of aldehydes is 1. The standard InChI is InChI=1S/C6H8O3/c7-3-1-5-2-4-9-6(5)8/h3,5H,1-2,4H2. The summed E-state index contributed by atoms with van der Waals surface area (Å²) in [6.45, 7) is 0.483. The van der Waals surface area contributed by atoms with Crippen molar-refractivity contribution in [1.29, 1.82) is 0 Å². The molecule has 0 aromatic carbocycles. The molecule has 1 unspecified atom stereocenters. The molecular formula is C6H8O3. The van der Waals surface area contributed by atoms with Gasteiger partial charge >= 0.3 is 5.97 Å². The lowest BCUT2D eigenvalue weighted by atomic mass is 10.1. The molecule has 50 valence electrons. The molecule has 1 rings (SSSR count). The Morgan fingerprint density at radius 3 is 3.00 bits per heavy atom. The van der Waals surface area contributed by atoms with Crippen molar-refractivity contribution in [3.05, 3.63) is 0 Å². The third-order valence-electron chi connectivity index (χ3n) is 1.42. The van der Waals surface area contributed by atoms with E-state index in [4.69, 9.17) is 0 Å². The minimum atomic E-state index is -0.220. The van der Waals surface area contributed by atoms with E-state index in [-0.39, 0.29) is 11.9 Å². The average molecular weight is 128 g/mol. The Morgan fingerprint density at radius 2 is 2.56 bits per heavy atom. The van der Waals surface area contributed by atoms with Gasteiger partial charge < -0.3 is 9.53 Å². The highest BCUT2D eigenvalue weighted by molar-refractivity contribution is 5.76. The second kappa shape index (κ2) is 2.62. The summed E-state index contributed by atoms with van der Waals surface area (Å²) in [5.74, 6) is -0.371. The zero-order valence-electron chi connectivity index (χ0n) is 5.00. The molecule has 0 saturated carbocycles. The maximum absolute atomic E-state index is 10.6. The van der Waals surface area contributed by atoms with Gasteiger partial charge in [0.05, 0.1) is 12.5 Å². The third-order valence-corrected chi connectivity index (χ3v) is 1.42. The molecular weight excluding hydrogens is 120 g/mol. The zero-order chi connectivity index (χ0) is 6.69. The highest BCUT2D eigenvalue weighted by Gasteiger charge is 2.25. The van der Waals surface area contributed by atoms with Crippen LogP contribution in [0.15, 0.2) is 0 Å². The monoisotopic (exact) mass is 128 g/mol. The summed E-state index contributed by atoms with van der Waals surface area (Å²) in [5, 5.41) is 0. The summed E-state index contributed by atoms with van der Waals surface area (Å²) < 4.78 is 4.62. The van der Waals surface area contributed by atoms with Crippen LogP contribution in [0.2, 0.25) is 0 Å². The fraction of sp³-hybridized carbons (Fsp3) is 0.667. The molecule has 1 atom stereocenters. The fourth-order valence-electron chi connectivity index (χ4n) is 0.868. The predicted molar refractivity (Wildman–Crippen MR) is 29.7 cm³/mol. The third kappa shape index (κ3) is 1.28. The first-order chi connectivity index (χ1) is 4.34. The molecule has 3 nitrogen and oxygen atoms in total. The van der Waals surface area contributed by atoms with Crippen molar-refractivity contribution >= 4 is 12.3 Å². The number of ether oxygens (including phenoxy) is 1. The molecule has 9 heavy (non-hydrogen) atoms. The molecule has 1 aliphatic rings. The van der Waals surface area contributed by atoms with Crippen LogP contribution < -0.4 is 0 Å². The Kier molecular flexibility index (Phi) is 1.82. The minimum Gasteiger partial charge on any atom is -0.465 e. The smallest absolute Gasteiger partial charge is 0.309 e. The quantitative estimate of drug-likeness (QED) is 0.392. The first kappa shape index (κ1) is 6.26. The Morgan fingerprint density at radius 1 is 1.78 bits per heavy atom. The van der Waals surface area contributed by atoms with E-state index in [0.717, 1.165) is 6.29 Å². The van der Waals surface area contributed by atoms with Gasteiger partial charge in [0, 0.05) is 6.42 Å². The van der Waals surface area contributed by atoms with E-state index in [0.29, 0.717) is 19.4 Å². The second-order valence-electron chi connectivity index (χ2n) is 2.06. The summed E-state index contributed by atoms with van der Waals surface area (Å²) in [5.41, 5.74) is 0. The Hall–Kier alpha value is -0.860. The van der Waals surface area contributed by atoms with Crippen molar-refractivity contribution in [3.8, 4) is 0 Å². The molecule has 0 aliphatic carbocycles. The zero-order valence-corrected chi connectivity index (χ0v) is 5.00. The molecule has 0 spiro atoms. The van der Waals surface area contributed by atoms with Crippen molar-refractivity contribution in [1.82, 2.24) is 0 Å². The van der Waals surface area contributed by atoms with Gasteiger partial charge in [-0.3, -0.25) is 4.79 Å². The minimum absolute atomic E-state index is 0.150. The highest BCUT2D eigenvalue weighted by atomic mass is 16.5. The van der Waals surface area contributed by atoms with Crippen LogP contribution in [0.3, 0.4) is 0 Å². The number of hydrogen-bond donors (Lipinski definition) is 0. The van der Waals surface area contributed by atoms with Crippen molar-refractivity contribution in [2.24, 2.45) is 5.92 Å². The topological polar surface area (TPSA) is 43.4 Å². The molecule has 0 amide bonds. The van der Waals surface area contributed by atoms with Crippen LogP contribution in [-0.4, -0.2) is 18.9 Å². The molecule has 0 N–H and O–H groups in total. The van der Waals surface area contributed by atoms with Gasteiger partial charge in [-0.05, 0) is 6.42 Å². The normalized spacial score (nSPS) is 25.8. The van der Waals surface area contributed by atoms with Gasteiger partial charge in [-0.15, -0.1) is 0 Å². The van der Waals surface area contributed by atoms with E-state index < -0.39 is 0 Å². The molecule has 1 heterocycles. The van der Waals surface area contributed by atoms with Crippen LogP contribution in [0, 0.1) is 5.92 Å². The van der Waals surface area contributed by atoms with Gasteiger partial charge in [0.1, 0.15) is 6.29 Å². The number of esters is 1. The molecule has 1 saturated heterocycles. The molecule has 3 heteroatoms. The van der Waals surface area contributed by atoms with Crippen molar-refractivity contribution in [2.75, 3.05) is 6.61 Å². The number of carbonyl (C=O) groups excluding carboxylic acids is 2. The average Bonchev–Trinajstić information content (AvgIpc) is 2.18. The number of rotatable bonds is 2. The van der Waals surface area contributed by atoms with Crippen LogP contribution in [0.1, 0.15) is 12.8 Å². The van der Waals surface area contributed by atoms with Gasteiger partial charge in [-0.25, -0.2) is 0 Å². The first-order valence-corrected chi connectivity index (χ1v) is 2.95. The lowest BCUT2D eigenvalue weighted by molar-refractivity contribution is -0.142. The number of carbonyl (C=O) groups is 2. The molecule has 0 radical (unpaired) electrons. The van der Waals surface area contributed by atoms with Crippen LogP contribution in [-0.2, 0) is 14.3 Å². The van der Waals surface area contributed by atoms with E-state index >= 15 is 0 Å². The second-order valence-corrected chi connectivity index (χ2v) is 2.06. The Balaban J connectivity index is 2.39. The largest absolute Gasteiger partial charge is 0.465 e. The van der Waals surface area contributed by atoms with Crippen molar-refractivity contribution in [2.45, 2.75) is 12.8 Å². The van der Waals surface area contributed by atoms with E-state index in [1.807, 2.05) is 0 Å². The van der Waals surface area contributed by atoms with Crippen molar-refractivity contribution in [3.63, 3.8) is 0 Å². The van der Waals surface area contributed by atoms with E-state index in [2.05, 4.69) is 4.74 Å². The van der Waals surface area contributed by atoms with Gasteiger partial charge in [-0.2, -0.15) is 0 Å². The van der Waals surface area contributed by atoms with Gasteiger partial charge in [0.2, 0.25) is 0 Å². The molecule has 0 aromatic rings. The lowest BCUT2D eigenvalue weighted by Crippen LogP contribution is -2.07. The SMILES string of the molecule is O=CCC1CCOC1=O.